The van der Waals surface area contributed by atoms with E-state index in [0.717, 1.165) is 65.8 Å². The molecule has 4 aliphatic rings. The topological polar surface area (TPSA) is 35.5 Å². The number of hydrogen-bond acceptors (Lipinski definition) is 3. The molecule has 3 aliphatic heterocycles. The van der Waals surface area contributed by atoms with E-state index in [2.05, 4.69) is 42.5 Å². The minimum Gasteiger partial charge on any atom is -1.00 e. The van der Waals surface area contributed by atoms with Crippen molar-refractivity contribution in [3.63, 3.8) is 0 Å². The number of carbonyl (C=O) groups excluding carboxylic acids is 1. The third-order valence-electron chi connectivity index (χ3n) is 7.64. The lowest BCUT2D eigenvalue weighted by molar-refractivity contribution is -0.958. The molecule has 170 valence electrons. The van der Waals surface area contributed by atoms with Crippen molar-refractivity contribution in [2.45, 2.75) is 31.6 Å². The lowest BCUT2D eigenvalue weighted by atomic mass is 9.83. The molecular weight excluding hydrogens is 434 g/mol. The number of carbonyl (C=O) groups is 1. The Labute approximate surface area is 201 Å². The SMILES string of the molecule is O=C(OC1c2ccccc2-c2ccccc21)O[C@H]1C[N+]2(Cc3ccccc3)CCC1CC2.[Cl-]. The van der Waals surface area contributed by atoms with E-state index in [9.17, 15) is 4.79 Å². The molecule has 3 aromatic rings. The van der Waals surface area contributed by atoms with Crippen LogP contribution in [0.15, 0.2) is 78.9 Å². The van der Waals surface area contributed by atoms with Gasteiger partial charge in [0.1, 0.15) is 13.1 Å². The number of benzene rings is 3. The van der Waals surface area contributed by atoms with Crippen LogP contribution in [0.2, 0.25) is 0 Å². The summed E-state index contributed by atoms with van der Waals surface area (Å²) >= 11 is 0. The molecule has 1 atom stereocenters. The molecule has 3 heterocycles. The maximum absolute atomic E-state index is 13.0. The first kappa shape index (κ1) is 22.0. The van der Waals surface area contributed by atoms with Gasteiger partial charge in [0.05, 0.1) is 13.1 Å². The van der Waals surface area contributed by atoms with Gasteiger partial charge in [-0.15, -0.1) is 0 Å². The number of quaternary nitrogens is 1. The summed E-state index contributed by atoms with van der Waals surface area (Å²) < 4.78 is 13.0. The molecular formula is C28H28ClNO3. The van der Waals surface area contributed by atoms with Crippen molar-refractivity contribution < 1.29 is 31.2 Å². The summed E-state index contributed by atoms with van der Waals surface area (Å²) in [5, 5.41) is 0. The maximum atomic E-state index is 13.0. The average Bonchev–Trinajstić information content (AvgIpc) is 3.14. The van der Waals surface area contributed by atoms with Gasteiger partial charge >= 0.3 is 6.16 Å². The zero-order chi connectivity index (χ0) is 21.5. The maximum Gasteiger partial charge on any atom is 0.509 e. The van der Waals surface area contributed by atoms with Crippen LogP contribution in [0.3, 0.4) is 0 Å². The number of nitrogens with zero attached hydrogens (tertiary/aromatic N) is 1. The minimum atomic E-state index is -0.543. The molecule has 0 radical (unpaired) electrons. The molecule has 0 unspecified atom stereocenters. The largest absolute Gasteiger partial charge is 1.00 e. The van der Waals surface area contributed by atoms with E-state index in [-0.39, 0.29) is 18.5 Å². The van der Waals surface area contributed by atoms with E-state index >= 15 is 0 Å². The molecule has 2 bridgehead atoms. The average molecular weight is 462 g/mol. The van der Waals surface area contributed by atoms with Crippen LogP contribution < -0.4 is 12.4 Å². The summed E-state index contributed by atoms with van der Waals surface area (Å²) in [6, 6.07) is 27.0. The summed E-state index contributed by atoms with van der Waals surface area (Å²) in [6.45, 7) is 4.22. The molecule has 0 N–H and O–H groups in total. The zero-order valence-electron chi connectivity index (χ0n) is 18.5. The molecule has 5 heteroatoms. The molecule has 33 heavy (non-hydrogen) atoms. The van der Waals surface area contributed by atoms with Crippen molar-refractivity contribution in [1.82, 2.24) is 0 Å². The van der Waals surface area contributed by atoms with Crippen molar-refractivity contribution in [2.75, 3.05) is 19.6 Å². The summed E-state index contributed by atoms with van der Waals surface area (Å²) in [5.74, 6) is 0.446. The molecule has 7 rings (SSSR count). The number of halogens is 1. The summed E-state index contributed by atoms with van der Waals surface area (Å²) in [4.78, 5) is 13.0. The van der Waals surface area contributed by atoms with Crippen molar-refractivity contribution in [3.8, 4) is 11.1 Å². The van der Waals surface area contributed by atoms with E-state index in [1.54, 1.807) is 0 Å². The predicted octanol–water partition coefficient (Wildman–Crippen LogP) is 2.72. The molecule has 3 saturated heterocycles. The summed E-state index contributed by atoms with van der Waals surface area (Å²) in [7, 11) is 0. The lowest BCUT2D eigenvalue weighted by Crippen LogP contribution is -3.00. The number of hydrogen-bond donors (Lipinski definition) is 0. The Morgan fingerprint density at radius 2 is 1.36 bits per heavy atom. The molecule has 3 fully saturated rings. The Morgan fingerprint density at radius 3 is 2.00 bits per heavy atom. The first-order valence-corrected chi connectivity index (χ1v) is 11.7. The Kier molecular flexibility index (Phi) is 5.90. The second-order valence-electron chi connectivity index (χ2n) is 9.53. The van der Waals surface area contributed by atoms with Gasteiger partial charge < -0.3 is 26.4 Å². The first-order chi connectivity index (χ1) is 15.7. The molecule has 0 amide bonds. The van der Waals surface area contributed by atoms with Crippen LogP contribution in [0.5, 0.6) is 0 Å². The standard InChI is InChI=1S/C28H28NO3.ClH/c30-28(32-27-24-12-6-4-10-22(24)23-11-5-7-13-25(23)27)31-26-19-29(16-14-21(26)15-17-29)18-20-8-2-1-3-9-20;/h1-13,21,26-27H,14-19H2;1H/q+1;/p-1/t21?,26-,29?;/m0./s1. The Bertz CT molecular complexity index is 1100. The van der Waals surface area contributed by atoms with E-state index in [1.165, 1.54) is 5.56 Å². The number of ether oxygens (including phenoxy) is 2. The van der Waals surface area contributed by atoms with Crippen molar-refractivity contribution in [3.05, 3.63) is 95.6 Å². The van der Waals surface area contributed by atoms with Gasteiger partial charge in [-0.2, -0.15) is 0 Å². The molecule has 0 aromatic heterocycles. The Balaban J connectivity index is 0.00000228. The van der Waals surface area contributed by atoms with E-state index in [0.29, 0.717) is 5.92 Å². The smallest absolute Gasteiger partial charge is 0.509 e. The van der Waals surface area contributed by atoms with E-state index < -0.39 is 12.3 Å². The minimum absolute atomic E-state index is 0. The lowest BCUT2D eigenvalue weighted by Gasteiger charge is -2.51. The summed E-state index contributed by atoms with van der Waals surface area (Å²) in [5.41, 5.74) is 5.69. The van der Waals surface area contributed by atoms with Gasteiger partial charge in [-0.25, -0.2) is 4.79 Å². The van der Waals surface area contributed by atoms with Gasteiger partial charge in [-0.1, -0.05) is 78.9 Å². The van der Waals surface area contributed by atoms with Gasteiger partial charge in [-0.3, -0.25) is 0 Å². The Hall–Kier alpha value is -2.82. The van der Waals surface area contributed by atoms with Crippen LogP contribution >= 0.6 is 0 Å². The third-order valence-corrected chi connectivity index (χ3v) is 7.64. The third kappa shape index (κ3) is 4.03. The van der Waals surface area contributed by atoms with Crippen LogP contribution in [0.25, 0.3) is 11.1 Å². The first-order valence-electron chi connectivity index (χ1n) is 11.7. The quantitative estimate of drug-likeness (QED) is 0.442. The number of fused-ring (bicyclic) bond motifs is 6. The molecule has 3 aromatic carbocycles. The normalized spacial score (nSPS) is 25.0. The van der Waals surface area contributed by atoms with Gasteiger partial charge in [0.25, 0.3) is 0 Å². The highest BCUT2D eigenvalue weighted by atomic mass is 35.5. The van der Waals surface area contributed by atoms with Crippen LogP contribution in [0.1, 0.15) is 35.6 Å². The van der Waals surface area contributed by atoms with Crippen LogP contribution in [-0.4, -0.2) is 36.4 Å². The molecule has 1 aliphatic carbocycles. The highest BCUT2D eigenvalue weighted by Gasteiger charge is 2.48. The number of piperidine rings is 3. The van der Waals surface area contributed by atoms with Crippen molar-refractivity contribution in [2.24, 2.45) is 5.92 Å². The second-order valence-corrected chi connectivity index (χ2v) is 9.53. The highest BCUT2D eigenvalue weighted by Crippen LogP contribution is 2.45. The van der Waals surface area contributed by atoms with Crippen LogP contribution in [-0.2, 0) is 16.0 Å². The van der Waals surface area contributed by atoms with Crippen LogP contribution in [0.4, 0.5) is 4.79 Å². The number of rotatable bonds is 4. The monoisotopic (exact) mass is 461 g/mol. The van der Waals surface area contributed by atoms with Gasteiger partial charge in [0.2, 0.25) is 0 Å². The Morgan fingerprint density at radius 1 is 0.788 bits per heavy atom. The molecule has 0 spiro atoms. The van der Waals surface area contributed by atoms with Crippen molar-refractivity contribution >= 4 is 6.16 Å². The fourth-order valence-electron chi connectivity index (χ4n) is 6.03. The zero-order valence-corrected chi connectivity index (χ0v) is 19.3. The fraction of sp³-hybridized carbons (Fsp3) is 0.321. The van der Waals surface area contributed by atoms with Gasteiger partial charge in [0, 0.05) is 35.4 Å². The molecule has 4 nitrogen and oxygen atoms in total. The van der Waals surface area contributed by atoms with E-state index in [4.69, 9.17) is 9.47 Å². The highest BCUT2D eigenvalue weighted by molar-refractivity contribution is 5.79. The van der Waals surface area contributed by atoms with E-state index in [1.807, 2.05) is 36.4 Å². The summed E-state index contributed by atoms with van der Waals surface area (Å²) in [6.07, 6.45) is 1.21. The van der Waals surface area contributed by atoms with Crippen molar-refractivity contribution in [1.29, 1.82) is 0 Å². The van der Waals surface area contributed by atoms with Crippen LogP contribution in [0, 0.1) is 5.92 Å². The fourth-order valence-corrected chi connectivity index (χ4v) is 6.03. The second kappa shape index (κ2) is 8.85. The molecule has 0 saturated carbocycles. The van der Waals surface area contributed by atoms with Gasteiger partial charge in [-0.05, 0) is 11.1 Å². The predicted molar refractivity (Wildman–Crippen MR) is 123 cm³/mol. The van der Waals surface area contributed by atoms with Gasteiger partial charge in [0.15, 0.2) is 12.2 Å².